The highest BCUT2D eigenvalue weighted by Crippen LogP contribution is 2.37. The summed E-state index contributed by atoms with van der Waals surface area (Å²) in [6.07, 6.45) is 3.22. The van der Waals surface area contributed by atoms with Crippen LogP contribution in [0, 0.1) is 5.92 Å². The SMILES string of the molecule is Clc1cccc(C2CNCC(C3CC3)O2)c1. The fourth-order valence-corrected chi connectivity index (χ4v) is 2.51. The lowest BCUT2D eigenvalue weighted by atomic mass is 10.1. The second kappa shape index (κ2) is 4.36. The van der Waals surface area contributed by atoms with Crippen LogP contribution in [0.5, 0.6) is 0 Å². The van der Waals surface area contributed by atoms with E-state index < -0.39 is 0 Å². The first-order valence-electron chi connectivity index (χ1n) is 5.94. The molecule has 0 amide bonds. The van der Waals surface area contributed by atoms with Crippen LogP contribution in [0.1, 0.15) is 24.5 Å². The predicted molar refractivity (Wildman–Crippen MR) is 64.7 cm³/mol. The largest absolute Gasteiger partial charge is 0.367 e. The second-order valence-electron chi connectivity index (χ2n) is 4.71. The summed E-state index contributed by atoms with van der Waals surface area (Å²) in [6.45, 7) is 1.89. The van der Waals surface area contributed by atoms with Gasteiger partial charge in [-0.3, -0.25) is 0 Å². The van der Waals surface area contributed by atoms with Crippen LogP contribution >= 0.6 is 11.6 Å². The third-order valence-corrected chi connectivity index (χ3v) is 3.62. The molecule has 0 spiro atoms. The van der Waals surface area contributed by atoms with Crippen molar-refractivity contribution in [1.29, 1.82) is 0 Å². The van der Waals surface area contributed by atoms with Crippen molar-refractivity contribution in [2.24, 2.45) is 5.92 Å². The van der Waals surface area contributed by atoms with Crippen molar-refractivity contribution in [3.05, 3.63) is 34.9 Å². The lowest BCUT2D eigenvalue weighted by molar-refractivity contribution is -0.0493. The molecule has 2 aliphatic rings. The van der Waals surface area contributed by atoms with Gasteiger partial charge in [0.1, 0.15) is 0 Å². The molecule has 1 aromatic carbocycles. The fraction of sp³-hybridized carbons (Fsp3) is 0.538. The maximum Gasteiger partial charge on any atom is 0.0954 e. The first-order chi connectivity index (χ1) is 7.83. The molecule has 2 fully saturated rings. The van der Waals surface area contributed by atoms with Crippen molar-refractivity contribution in [1.82, 2.24) is 5.32 Å². The zero-order valence-corrected chi connectivity index (χ0v) is 9.91. The highest BCUT2D eigenvalue weighted by molar-refractivity contribution is 6.30. The van der Waals surface area contributed by atoms with Gasteiger partial charge in [-0.15, -0.1) is 0 Å². The second-order valence-corrected chi connectivity index (χ2v) is 5.15. The molecular formula is C13H16ClNO. The maximum atomic E-state index is 6.13. The van der Waals surface area contributed by atoms with Gasteiger partial charge in [-0.05, 0) is 36.5 Å². The van der Waals surface area contributed by atoms with Gasteiger partial charge in [0.2, 0.25) is 0 Å². The topological polar surface area (TPSA) is 21.3 Å². The number of halogens is 1. The van der Waals surface area contributed by atoms with Gasteiger partial charge in [0.25, 0.3) is 0 Å². The Balaban J connectivity index is 1.73. The monoisotopic (exact) mass is 237 g/mol. The summed E-state index contributed by atoms with van der Waals surface area (Å²) < 4.78 is 6.13. The molecule has 1 N–H and O–H groups in total. The summed E-state index contributed by atoms with van der Waals surface area (Å²) in [7, 11) is 0. The Bertz CT molecular complexity index is 378. The first kappa shape index (κ1) is 10.6. The third kappa shape index (κ3) is 2.24. The van der Waals surface area contributed by atoms with Gasteiger partial charge in [-0.2, -0.15) is 0 Å². The van der Waals surface area contributed by atoms with Gasteiger partial charge in [0.05, 0.1) is 12.2 Å². The molecule has 16 heavy (non-hydrogen) atoms. The molecule has 1 saturated heterocycles. The number of hydrogen-bond donors (Lipinski definition) is 1. The lowest BCUT2D eigenvalue weighted by Gasteiger charge is -2.31. The molecule has 3 rings (SSSR count). The summed E-state index contributed by atoms with van der Waals surface area (Å²) in [5, 5.41) is 4.24. The average molecular weight is 238 g/mol. The lowest BCUT2D eigenvalue weighted by Crippen LogP contribution is -2.41. The summed E-state index contributed by atoms with van der Waals surface area (Å²) in [6, 6.07) is 7.98. The van der Waals surface area contributed by atoms with E-state index in [0.717, 1.165) is 24.0 Å². The number of ether oxygens (including phenoxy) is 1. The van der Waals surface area contributed by atoms with Crippen LogP contribution in [0.15, 0.2) is 24.3 Å². The van der Waals surface area contributed by atoms with Crippen molar-refractivity contribution < 1.29 is 4.74 Å². The molecular weight excluding hydrogens is 222 g/mol. The molecule has 86 valence electrons. The Morgan fingerprint density at radius 3 is 2.88 bits per heavy atom. The molecule has 1 aromatic rings. The number of rotatable bonds is 2. The number of benzene rings is 1. The molecule has 3 heteroatoms. The minimum Gasteiger partial charge on any atom is -0.367 e. The average Bonchev–Trinajstić information content (AvgIpc) is 3.13. The molecule has 1 aliphatic heterocycles. The molecule has 1 aliphatic carbocycles. The summed E-state index contributed by atoms with van der Waals surface area (Å²) in [5.41, 5.74) is 1.19. The Morgan fingerprint density at radius 1 is 1.25 bits per heavy atom. The van der Waals surface area contributed by atoms with E-state index in [4.69, 9.17) is 16.3 Å². The summed E-state index contributed by atoms with van der Waals surface area (Å²) in [4.78, 5) is 0. The van der Waals surface area contributed by atoms with Crippen LogP contribution in [0.25, 0.3) is 0 Å². The van der Waals surface area contributed by atoms with E-state index in [1.807, 2.05) is 18.2 Å². The first-order valence-corrected chi connectivity index (χ1v) is 6.32. The number of morpholine rings is 1. The number of hydrogen-bond acceptors (Lipinski definition) is 2. The van der Waals surface area contributed by atoms with Crippen molar-refractivity contribution in [2.45, 2.75) is 25.0 Å². The van der Waals surface area contributed by atoms with Crippen LogP contribution in [0.2, 0.25) is 5.02 Å². The Morgan fingerprint density at radius 2 is 2.12 bits per heavy atom. The molecule has 2 unspecified atom stereocenters. The van der Waals surface area contributed by atoms with Crippen molar-refractivity contribution in [2.75, 3.05) is 13.1 Å². The van der Waals surface area contributed by atoms with Crippen LogP contribution in [0.4, 0.5) is 0 Å². The molecule has 2 atom stereocenters. The predicted octanol–water partition coefficient (Wildman–Crippen LogP) is 2.78. The van der Waals surface area contributed by atoms with Crippen molar-refractivity contribution >= 4 is 11.6 Å². The third-order valence-electron chi connectivity index (χ3n) is 3.38. The molecule has 0 bridgehead atoms. The van der Waals surface area contributed by atoms with Gasteiger partial charge < -0.3 is 10.1 Å². The minimum absolute atomic E-state index is 0.165. The van der Waals surface area contributed by atoms with E-state index in [9.17, 15) is 0 Å². The van der Waals surface area contributed by atoms with Crippen molar-refractivity contribution in [3.8, 4) is 0 Å². The van der Waals surface area contributed by atoms with Crippen LogP contribution < -0.4 is 5.32 Å². The van der Waals surface area contributed by atoms with E-state index in [1.165, 1.54) is 18.4 Å². The summed E-state index contributed by atoms with van der Waals surface area (Å²) in [5.74, 6) is 0.787. The van der Waals surface area contributed by atoms with Crippen LogP contribution in [-0.4, -0.2) is 19.2 Å². The summed E-state index contributed by atoms with van der Waals surface area (Å²) >= 11 is 6.00. The van der Waals surface area contributed by atoms with E-state index in [2.05, 4.69) is 11.4 Å². The van der Waals surface area contributed by atoms with Gasteiger partial charge in [0, 0.05) is 18.1 Å². The van der Waals surface area contributed by atoms with E-state index >= 15 is 0 Å². The van der Waals surface area contributed by atoms with Crippen LogP contribution in [-0.2, 0) is 4.74 Å². The molecule has 2 nitrogen and oxygen atoms in total. The number of nitrogens with one attached hydrogen (secondary N) is 1. The highest BCUT2D eigenvalue weighted by atomic mass is 35.5. The normalized spacial score (nSPS) is 30.3. The molecule has 1 heterocycles. The smallest absolute Gasteiger partial charge is 0.0954 e. The maximum absolute atomic E-state index is 6.13. The van der Waals surface area contributed by atoms with Crippen LogP contribution in [0.3, 0.4) is 0 Å². The standard InChI is InChI=1S/C13H16ClNO/c14-11-3-1-2-10(6-11)13-8-15-7-12(16-13)9-4-5-9/h1-3,6,9,12-13,15H,4-5,7-8H2. The fourth-order valence-electron chi connectivity index (χ4n) is 2.31. The Kier molecular flexibility index (Phi) is 2.88. The minimum atomic E-state index is 0.165. The van der Waals surface area contributed by atoms with E-state index in [0.29, 0.717) is 6.10 Å². The Hall–Kier alpha value is -0.570. The molecule has 1 saturated carbocycles. The zero-order chi connectivity index (χ0) is 11.0. The van der Waals surface area contributed by atoms with Gasteiger partial charge in [-0.1, -0.05) is 23.7 Å². The van der Waals surface area contributed by atoms with Gasteiger partial charge >= 0.3 is 0 Å². The zero-order valence-electron chi connectivity index (χ0n) is 9.16. The van der Waals surface area contributed by atoms with E-state index in [-0.39, 0.29) is 6.10 Å². The molecule has 0 aromatic heterocycles. The highest BCUT2D eigenvalue weighted by Gasteiger charge is 2.35. The Labute approximate surface area is 101 Å². The van der Waals surface area contributed by atoms with Crippen molar-refractivity contribution in [3.63, 3.8) is 0 Å². The van der Waals surface area contributed by atoms with Gasteiger partial charge in [-0.25, -0.2) is 0 Å². The van der Waals surface area contributed by atoms with E-state index in [1.54, 1.807) is 0 Å². The van der Waals surface area contributed by atoms with Gasteiger partial charge in [0.15, 0.2) is 0 Å². The molecule has 0 radical (unpaired) electrons. The quantitative estimate of drug-likeness (QED) is 0.854.